The van der Waals surface area contributed by atoms with Crippen molar-refractivity contribution in [2.75, 3.05) is 13.1 Å². The number of hydrogen-bond acceptors (Lipinski definition) is 6. The number of nitrogens with zero attached hydrogens (tertiary/aromatic N) is 3. The van der Waals surface area contributed by atoms with Gasteiger partial charge in [-0.05, 0) is 72.8 Å². The number of carbonyl (C=O) groups is 2. The van der Waals surface area contributed by atoms with Crippen LogP contribution in [0.15, 0.2) is 59.0 Å². The van der Waals surface area contributed by atoms with Crippen molar-refractivity contribution in [3.8, 4) is 10.4 Å². The molecule has 9 heteroatoms. The molecule has 1 saturated carbocycles. The molecule has 2 fully saturated rings. The van der Waals surface area contributed by atoms with E-state index in [0.29, 0.717) is 72.6 Å². The molecule has 7 rings (SSSR count). The zero-order chi connectivity index (χ0) is 29.0. The Morgan fingerprint density at radius 2 is 1.88 bits per heavy atom. The number of benzene rings is 2. The number of thiophene rings is 1. The number of likely N-dealkylation sites (tertiary alicyclic amines) is 1. The summed E-state index contributed by atoms with van der Waals surface area (Å²) in [5.41, 5.74) is 2.93. The number of carbonyl (C=O) groups excluding carboxylic acids is 2. The SMILES string of the molecule is O=C1CCc2cc(-c3scc4c(=O)n(CC5(O)CCN(C(=O)CC(c6ccccc6)C6CC6)CC5)cnc34)cc(Cl)c21. The molecule has 0 bridgehead atoms. The Bertz CT molecular complexity index is 1750. The van der Waals surface area contributed by atoms with E-state index in [0.717, 1.165) is 16.0 Å². The molecule has 1 saturated heterocycles. The van der Waals surface area contributed by atoms with Crippen LogP contribution in [0.1, 0.15) is 65.9 Å². The van der Waals surface area contributed by atoms with E-state index in [1.54, 1.807) is 11.4 Å². The molecule has 7 nitrogen and oxygen atoms in total. The van der Waals surface area contributed by atoms with Crippen molar-refractivity contribution in [1.82, 2.24) is 14.5 Å². The summed E-state index contributed by atoms with van der Waals surface area (Å²) in [4.78, 5) is 46.2. The lowest BCUT2D eigenvalue weighted by Gasteiger charge is -2.39. The Balaban J connectivity index is 1.04. The third-order valence-corrected chi connectivity index (χ3v) is 10.6. The average Bonchev–Trinajstić information content (AvgIpc) is 3.62. The van der Waals surface area contributed by atoms with Crippen LogP contribution >= 0.6 is 22.9 Å². The first-order chi connectivity index (χ1) is 20.3. The molecular formula is C33H32ClN3O4S. The number of aliphatic hydroxyl groups is 1. The van der Waals surface area contributed by atoms with E-state index in [4.69, 9.17) is 11.6 Å². The number of aromatic nitrogens is 2. The van der Waals surface area contributed by atoms with Crippen LogP contribution in [0.25, 0.3) is 21.3 Å². The summed E-state index contributed by atoms with van der Waals surface area (Å²) >= 11 is 7.89. The lowest BCUT2D eigenvalue weighted by molar-refractivity contribution is -0.136. The molecule has 1 aliphatic heterocycles. The topological polar surface area (TPSA) is 92.5 Å². The Labute approximate surface area is 252 Å². The van der Waals surface area contributed by atoms with Crippen molar-refractivity contribution in [1.29, 1.82) is 0 Å². The third kappa shape index (κ3) is 5.10. The first-order valence-electron chi connectivity index (χ1n) is 14.7. The molecule has 1 N–H and O–H groups in total. The summed E-state index contributed by atoms with van der Waals surface area (Å²) in [5.74, 6) is 1.04. The second-order valence-corrected chi connectivity index (χ2v) is 13.4. The number of Topliss-reactive ketones (excluding diaryl/α,β-unsaturated/α-hetero) is 1. The Morgan fingerprint density at radius 3 is 2.62 bits per heavy atom. The number of hydrogen-bond donors (Lipinski definition) is 1. The minimum absolute atomic E-state index is 0.0707. The van der Waals surface area contributed by atoms with Crippen molar-refractivity contribution in [2.45, 2.75) is 63.0 Å². The largest absolute Gasteiger partial charge is 0.388 e. The van der Waals surface area contributed by atoms with Gasteiger partial charge in [0.1, 0.15) is 0 Å². The standard InChI is InChI=1S/C33H32ClN3O4S/c34-26-15-23(14-22-8-9-27(38)29(22)26)31-30-25(17-42-31)32(40)37(19-35-30)18-33(41)10-12-36(13-11-33)28(39)16-24(21-6-7-21)20-4-2-1-3-5-20/h1-5,14-15,17,19,21,24,41H,6-13,16,18H2. The molecule has 3 aliphatic rings. The van der Waals surface area contributed by atoms with Crippen molar-refractivity contribution >= 4 is 45.5 Å². The maximum atomic E-state index is 13.5. The summed E-state index contributed by atoms with van der Waals surface area (Å²) in [6.07, 6.45) is 6.31. The van der Waals surface area contributed by atoms with Crippen molar-refractivity contribution in [2.24, 2.45) is 5.92 Å². The highest BCUT2D eigenvalue weighted by atomic mass is 35.5. The first-order valence-corrected chi connectivity index (χ1v) is 15.9. The second-order valence-electron chi connectivity index (χ2n) is 12.1. The van der Waals surface area contributed by atoms with Gasteiger partial charge < -0.3 is 10.0 Å². The van der Waals surface area contributed by atoms with Gasteiger partial charge in [0.15, 0.2) is 5.78 Å². The van der Waals surface area contributed by atoms with Gasteiger partial charge >= 0.3 is 0 Å². The van der Waals surface area contributed by atoms with Crippen molar-refractivity contribution in [3.63, 3.8) is 0 Å². The molecule has 2 aliphatic carbocycles. The average molecular weight is 602 g/mol. The Hall–Kier alpha value is -3.33. The zero-order valence-corrected chi connectivity index (χ0v) is 24.8. The van der Waals surface area contributed by atoms with Crippen LogP contribution < -0.4 is 5.56 Å². The number of ketones is 1. The van der Waals surface area contributed by atoms with Gasteiger partial charge in [0.05, 0.1) is 39.3 Å². The van der Waals surface area contributed by atoms with Gasteiger partial charge in [-0.15, -0.1) is 11.3 Å². The molecule has 2 aromatic heterocycles. The second kappa shape index (κ2) is 10.7. The predicted molar refractivity (Wildman–Crippen MR) is 164 cm³/mol. The molecule has 0 spiro atoms. The monoisotopic (exact) mass is 601 g/mol. The van der Waals surface area contributed by atoms with E-state index in [1.165, 1.54) is 40.6 Å². The Kier molecular flexibility index (Phi) is 7.03. The lowest BCUT2D eigenvalue weighted by atomic mass is 9.88. The van der Waals surface area contributed by atoms with Crippen LogP contribution in [0.2, 0.25) is 5.02 Å². The lowest BCUT2D eigenvalue weighted by Crippen LogP contribution is -2.49. The minimum Gasteiger partial charge on any atom is -0.388 e. The summed E-state index contributed by atoms with van der Waals surface area (Å²) in [6, 6.07) is 14.1. The van der Waals surface area contributed by atoms with E-state index < -0.39 is 5.60 Å². The summed E-state index contributed by atoms with van der Waals surface area (Å²) < 4.78 is 1.49. The zero-order valence-electron chi connectivity index (χ0n) is 23.2. The highest BCUT2D eigenvalue weighted by molar-refractivity contribution is 7.15. The Morgan fingerprint density at radius 1 is 1.12 bits per heavy atom. The molecule has 0 radical (unpaired) electrons. The van der Waals surface area contributed by atoms with Crippen LogP contribution in [-0.2, 0) is 17.8 Å². The fourth-order valence-corrected chi connectivity index (χ4v) is 8.00. The van der Waals surface area contributed by atoms with Crippen molar-refractivity contribution < 1.29 is 14.7 Å². The maximum Gasteiger partial charge on any atom is 0.262 e. The highest BCUT2D eigenvalue weighted by Gasteiger charge is 2.38. The number of aryl methyl sites for hydroxylation is 1. The van der Waals surface area contributed by atoms with Gasteiger partial charge in [-0.1, -0.05) is 41.9 Å². The first kappa shape index (κ1) is 27.5. The van der Waals surface area contributed by atoms with E-state index in [-0.39, 0.29) is 29.7 Å². The predicted octanol–water partition coefficient (Wildman–Crippen LogP) is 5.84. The molecule has 4 aromatic rings. The summed E-state index contributed by atoms with van der Waals surface area (Å²) in [5, 5.41) is 14.2. The fourth-order valence-electron chi connectivity index (χ4n) is 6.68. The number of fused-ring (bicyclic) bond motifs is 2. The van der Waals surface area contributed by atoms with E-state index in [1.807, 2.05) is 29.2 Å². The van der Waals surface area contributed by atoms with E-state index in [2.05, 4.69) is 17.1 Å². The molecule has 216 valence electrons. The number of halogens is 1. The summed E-state index contributed by atoms with van der Waals surface area (Å²) in [6.45, 7) is 1.07. The van der Waals surface area contributed by atoms with Gasteiger partial charge in [-0.3, -0.25) is 19.0 Å². The van der Waals surface area contributed by atoms with Gasteiger partial charge in [0.2, 0.25) is 5.91 Å². The smallest absolute Gasteiger partial charge is 0.262 e. The van der Waals surface area contributed by atoms with Crippen LogP contribution in [-0.4, -0.2) is 49.9 Å². The van der Waals surface area contributed by atoms with Crippen LogP contribution in [0.5, 0.6) is 0 Å². The molecule has 1 unspecified atom stereocenters. The van der Waals surface area contributed by atoms with E-state index >= 15 is 0 Å². The van der Waals surface area contributed by atoms with Gasteiger partial charge in [0, 0.05) is 36.9 Å². The maximum absolute atomic E-state index is 13.5. The molecule has 3 heterocycles. The molecular weight excluding hydrogens is 570 g/mol. The summed E-state index contributed by atoms with van der Waals surface area (Å²) in [7, 11) is 0. The van der Waals surface area contributed by atoms with Gasteiger partial charge in [-0.2, -0.15) is 0 Å². The molecule has 1 amide bonds. The third-order valence-electron chi connectivity index (χ3n) is 9.24. The van der Waals surface area contributed by atoms with Crippen LogP contribution in [0.4, 0.5) is 0 Å². The quantitative estimate of drug-likeness (QED) is 0.287. The van der Waals surface area contributed by atoms with Gasteiger partial charge in [-0.25, -0.2) is 4.98 Å². The number of amides is 1. The molecule has 1 atom stereocenters. The highest BCUT2D eigenvalue weighted by Crippen LogP contribution is 2.45. The van der Waals surface area contributed by atoms with Gasteiger partial charge in [0.25, 0.3) is 5.56 Å². The normalized spacial score (nSPS) is 18.8. The molecule has 2 aromatic carbocycles. The van der Waals surface area contributed by atoms with Crippen LogP contribution in [0, 0.1) is 5.92 Å². The fraction of sp³-hybridized carbons (Fsp3) is 0.394. The van der Waals surface area contributed by atoms with Crippen LogP contribution in [0.3, 0.4) is 0 Å². The van der Waals surface area contributed by atoms with Crippen molar-refractivity contribution in [3.05, 3.63) is 86.2 Å². The van der Waals surface area contributed by atoms with E-state index in [9.17, 15) is 19.5 Å². The number of piperidine rings is 1. The minimum atomic E-state index is -1.09. The number of rotatable bonds is 7. The molecule has 42 heavy (non-hydrogen) atoms.